The lowest BCUT2D eigenvalue weighted by Gasteiger charge is -2.31. The van der Waals surface area contributed by atoms with Gasteiger partial charge in [-0.15, -0.1) is 0 Å². The number of aryl methyl sites for hydroxylation is 1. The van der Waals surface area contributed by atoms with E-state index in [-0.39, 0.29) is 12.7 Å². The summed E-state index contributed by atoms with van der Waals surface area (Å²) in [5.74, 6) is 0.949. The second-order valence-corrected chi connectivity index (χ2v) is 4.59. The van der Waals surface area contributed by atoms with Crippen molar-refractivity contribution in [2.75, 3.05) is 39.5 Å². The molecular formula is C14H21NO3. The van der Waals surface area contributed by atoms with Gasteiger partial charge in [-0.1, -0.05) is 18.2 Å². The predicted molar refractivity (Wildman–Crippen MR) is 69.9 cm³/mol. The van der Waals surface area contributed by atoms with Crippen LogP contribution in [0.15, 0.2) is 24.3 Å². The molecule has 0 bridgehead atoms. The first-order valence-electron chi connectivity index (χ1n) is 6.43. The summed E-state index contributed by atoms with van der Waals surface area (Å²) in [5, 5.41) is 9.07. The van der Waals surface area contributed by atoms with Crippen molar-refractivity contribution in [2.24, 2.45) is 0 Å². The van der Waals surface area contributed by atoms with E-state index in [2.05, 4.69) is 4.90 Å². The Bertz CT molecular complexity index is 370. The Morgan fingerprint density at radius 1 is 1.44 bits per heavy atom. The van der Waals surface area contributed by atoms with Crippen LogP contribution in [0.2, 0.25) is 0 Å². The molecule has 1 N–H and O–H groups in total. The Kier molecular flexibility index (Phi) is 4.99. The number of morpholine rings is 1. The number of benzene rings is 1. The Morgan fingerprint density at radius 2 is 2.28 bits per heavy atom. The Labute approximate surface area is 108 Å². The van der Waals surface area contributed by atoms with Gasteiger partial charge in [-0.2, -0.15) is 0 Å². The van der Waals surface area contributed by atoms with E-state index in [1.807, 2.05) is 31.2 Å². The molecule has 1 heterocycles. The third-order valence-corrected chi connectivity index (χ3v) is 3.19. The average molecular weight is 251 g/mol. The lowest BCUT2D eigenvalue weighted by molar-refractivity contribution is -0.0547. The third-order valence-electron chi connectivity index (χ3n) is 3.19. The quantitative estimate of drug-likeness (QED) is 0.850. The smallest absolute Gasteiger partial charge is 0.122 e. The van der Waals surface area contributed by atoms with Crippen molar-refractivity contribution in [3.05, 3.63) is 29.8 Å². The van der Waals surface area contributed by atoms with Crippen molar-refractivity contribution >= 4 is 0 Å². The van der Waals surface area contributed by atoms with Crippen LogP contribution >= 0.6 is 0 Å². The van der Waals surface area contributed by atoms with E-state index in [1.54, 1.807) is 0 Å². The number of nitrogens with zero attached hydrogens (tertiary/aromatic N) is 1. The molecule has 1 atom stereocenters. The predicted octanol–water partition coefficient (Wildman–Crippen LogP) is 1.07. The first-order chi connectivity index (χ1) is 8.79. The van der Waals surface area contributed by atoms with E-state index < -0.39 is 0 Å². The molecule has 1 aliphatic heterocycles. The lowest BCUT2D eigenvalue weighted by atomic mass is 10.2. The molecule has 0 radical (unpaired) electrons. The zero-order valence-electron chi connectivity index (χ0n) is 10.8. The van der Waals surface area contributed by atoms with Crippen molar-refractivity contribution in [3.8, 4) is 5.75 Å². The summed E-state index contributed by atoms with van der Waals surface area (Å²) in [6.45, 7) is 6.06. The van der Waals surface area contributed by atoms with Crippen LogP contribution in [-0.4, -0.2) is 55.6 Å². The Balaban J connectivity index is 1.73. The summed E-state index contributed by atoms with van der Waals surface area (Å²) in [5.41, 5.74) is 1.16. The highest BCUT2D eigenvalue weighted by molar-refractivity contribution is 5.31. The van der Waals surface area contributed by atoms with Crippen LogP contribution in [0.5, 0.6) is 5.75 Å². The maximum atomic E-state index is 9.07. The van der Waals surface area contributed by atoms with Crippen LogP contribution in [-0.2, 0) is 4.74 Å². The second-order valence-electron chi connectivity index (χ2n) is 4.59. The molecule has 1 fully saturated rings. The van der Waals surface area contributed by atoms with Crippen molar-refractivity contribution in [1.82, 2.24) is 4.90 Å². The summed E-state index contributed by atoms with van der Waals surface area (Å²) in [6.07, 6.45) is -0.0442. The number of para-hydroxylation sites is 1. The first-order valence-corrected chi connectivity index (χ1v) is 6.43. The number of rotatable bonds is 5. The minimum Gasteiger partial charge on any atom is -0.492 e. The highest BCUT2D eigenvalue weighted by Crippen LogP contribution is 2.16. The van der Waals surface area contributed by atoms with Crippen molar-refractivity contribution in [2.45, 2.75) is 13.0 Å². The topological polar surface area (TPSA) is 41.9 Å². The van der Waals surface area contributed by atoms with Crippen LogP contribution in [0.3, 0.4) is 0 Å². The third kappa shape index (κ3) is 3.70. The minimum absolute atomic E-state index is 0.0442. The van der Waals surface area contributed by atoms with Crippen LogP contribution in [0.1, 0.15) is 5.56 Å². The van der Waals surface area contributed by atoms with E-state index in [0.29, 0.717) is 13.2 Å². The molecular weight excluding hydrogens is 230 g/mol. The van der Waals surface area contributed by atoms with Gasteiger partial charge in [0.1, 0.15) is 12.4 Å². The van der Waals surface area contributed by atoms with E-state index >= 15 is 0 Å². The summed E-state index contributed by atoms with van der Waals surface area (Å²) >= 11 is 0. The fourth-order valence-electron chi connectivity index (χ4n) is 2.10. The average Bonchev–Trinajstić information content (AvgIpc) is 2.41. The van der Waals surface area contributed by atoms with Gasteiger partial charge in [0.25, 0.3) is 0 Å². The molecule has 2 rings (SSSR count). The molecule has 1 unspecified atom stereocenters. The van der Waals surface area contributed by atoms with E-state index in [4.69, 9.17) is 14.6 Å². The summed E-state index contributed by atoms with van der Waals surface area (Å²) < 4.78 is 11.2. The van der Waals surface area contributed by atoms with Crippen molar-refractivity contribution in [1.29, 1.82) is 0 Å². The minimum atomic E-state index is -0.0442. The maximum absolute atomic E-state index is 9.07. The number of hydrogen-bond acceptors (Lipinski definition) is 4. The fourth-order valence-corrected chi connectivity index (χ4v) is 2.10. The van der Waals surface area contributed by atoms with Crippen molar-refractivity contribution in [3.63, 3.8) is 0 Å². The van der Waals surface area contributed by atoms with Gasteiger partial charge in [-0.05, 0) is 18.6 Å². The largest absolute Gasteiger partial charge is 0.492 e. The van der Waals surface area contributed by atoms with Gasteiger partial charge >= 0.3 is 0 Å². The highest BCUT2D eigenvalue weighted by atomic mass is 16.5. The molecule has 0 saturated carbocycles. The molecule has 1 saturated heterocycles. The Hall–Kier alpha value is -1.10. The van der Waals surface area contributed by atoms with Crippen molar-refractivity contribution < 1.29 is 14.6 Å². The molecule has 0 amide bonds. The molecule has 1 aliphatic rings. The molecule has 0 spiro atoms. The molecule has 1 aromatic carbocycles. The van der Waals surface area contributed by atoms with Gasteiger partial charge in [0.05, 0.1) is 19.3 Å². The first kappa shape index (κ1) is 13.3. The molecule has 100 valence electrons. The molecule has 0 aromatic heterocycles. The number of aliphatic hydroxyl groups excluding tert-OH is 1. The number of hydrogen-bond donors (Lipinski definition) is 1. The second kappa shape index (κ2) is 6.73. The normalized spacial score (nSPS) is 20.9. The fraction of sp³-hybridized carbons (Fsp3) is 0.571. The van der Waals surface area contributed by atoms with Crippen LogP contribution in [0.25, 0.3) is 0 Å². The van der Waals surface area contributed by atoms with Gasteiger partial charge in [0.15, 0.2) is 0 Å². The van der Waals surface area contributed by atoms with Gasteiger partial charge in [-0.25, -0.2) is 0 Å². The van der Waals surface area contributed by atoms with Crippen LogP contribution in [0.4, 0.5) is 0 Å². The SMILES string of the molecule is Cc1ccccc1OCCN1CCOC(CO)C1. The zero-order valence-corrected chi connectivity index (χ0v) is 10.8. The van der Waals surface area contributed by atoms with Gasteiger partial charge in [0.2, 0.25) is 0 Å². The number of aliphatic hydroxyl groups is 1. The van der Waals surface area contributed by atoms with Gasteiger partial charge in [-0.3, -0.25) is 4.90 Å². The van der Waals surface area contributed by atoms with E-state index in [1.165, 1.54) is 0 Å². The summed E-state index contributed by atoms with van der Waals surface area (Å²) in [4.78, 5) is 2.27. The van der Waals surface area contributed by atoms with Crippen LogP contribution in [0, 0.1) is 6.92 Å². The Morgan fingerprint density at radius 3 is 3.06 bits per heavy atom. The standard InChI is InChI=1S/C14H21NO3/c1-12-4-2-3-5-14(12)18-9-7-15-6-8-17-13(10-15)11-16/h2-5,13,16H,6-11H2,1H3. The monoisotopic (exact) mass is 251 g/mol. The lowest BCUT2D eigenvalue weighted by Crippen LogP contribution is -2.45. The maximum Gasteiger partial charge on any atom is 0.122 e. The van der Waals surface area contributed by atoms with Gasteiger partial charge in [0, 0.05) is 19.6 Å². The summed E-state index contributed by atoms with van der Waals surface area (Å²) in [7, 11) is 0. The molecule has 0 aliphatic carbocycles. The number of ether oxygens (including phenoxy) is 2. The molecule has 4 heteroatoms. The van der Waals surface area contributed by atoms with Gasteiger partial charge < -0.3 is 14.6 Å². The van der Waals surface area contributed by atoms with E-state index in [0.717, 1.165) is 30.9 Å². The molecule has 4 nitrogen and oxygen atoms in total. The molecule has 18 heavy (non-hydrogen) atoms. The van der Waals surface area contributed by atoms with Crippen LogP contribution < -0.4 is 4.74 Å². The molecule has 1 aromatic rings. The zero-order chi connectivity index (χ0) is 12.8. The van der Waals surface area contributed by atoms with E-state index in [9.17, 15) is 0 Å². The summed E-state index contributed by atoms with van der Waals surface area (Å²) in [6, 6.07) is 8.03. The highest BCUT2D eigenvalue weighted by Gasteiger charge is 2.19.